The molecule has 1 aromatic carbocycles. The Balaban J connectivity index is 1.61. The van der Waals surface area contributed by atoms with Crippen LogP contribution in [0.15, 0.2) is 24.3 Å². The average molecular weight is 365 g/mol. The number of halogens is 1. The van der Waals surface area contributed by atoms with Crippen molar-refractivity contribution in [3.05, 3.63) is 34.9 Å². The standard InChI is InChI=1S/C18H21ClN2O4/c1-12-5-2-3-8-18(12)16(23)21(17(24)20-18)10-15(22)25-11-13-6-4-7-14(19)9-13/h4,6-7,9,12H,2-3,5,8,10-11H2,1H3,(H,20,24)/t12-,18+/m1/s1. The fourth-order valence-electron chi connectivity index (χ4n) is 3.60. The summed E-state index contributed by atoms with van der Waals surface area (Å²) < 4.78 is 5.17. The number of benzene rings is 1. The molecule has 6 nitrogen and oxygen atoms in total. The average Bonchev–Trinajstić information content (AvgIpc) is 2.81. The summed E-state index contributed by atoms with van der Waals surface area (Å²) in [4.78, 5) is 38.0. The molecule has 3 amide bonds. The maximum atomic E-state index is 12.8. The number of nitrogens with zero attached hydrogens (tertiary/aromatic N) is 1. The Hall–Kier alpha value is -2.08. The van der Waals surface area contributed by atoms with Gasteiger partial charge >= 0.3 is 12.0 Å². The molecule has 0 aromatic heterocycles. The van der Waals surface area contributed by atoms with Gasteiger partial charge in [-0.15, -0.1) is 0 Å². The quantitative estimate of drug-likeness (QED) is 0.658. The predicted molar refractivity (Wildman–Crippen MR) is 91.9 cm³/mol. The second kappa shape index (κ2) is 7.04. The number of nitrogens with one attached hydrogen (secondary N) is 1. The van der Waals surface area contributed by atoms with Gasteiger partial charge in [-0.1, -0.05) is 43.5 Å². The van der Waals surface area contributed by atoms with Gasteiger partial charge in [0.1, 0.15) is 18.7 Å². The van der Waals surface area contributed by atoms with Crippen LogP contribution in [0.5, 0.6) is 0 Å². The van der Waals surface area contributed by atoms with E-state index in [9.17, 15) is 14.4 Å². The fraction of sp³-hybridized carbons (Fsp3) is 0.500. The van der Waals surface area contributed by atoms with Crippen LogP contribution < -0.4 is 5.32 Å². The van der Waals surface area contributed by atoms with Crippen molar-refractivity contribution in [2.45, 2.75) is 44.8 Å². The Kier molecular flexibility index (Phi) is 4.99. The van der Waals surface area contributed by atoms with Gasteiger partial charge in [0.05, 0.1) is 0 Å². The normalized spacial score (nSPS) is 26.0. The smallest absolute Gasteiger partial charge is 0.326 e. The lowest BCUT2D eigenvalue weighted by Gasteiger charge is -2.36. The Bertz CT molecular complexity index is 708. The molecular weight excluding hydrogens is 344 g/mol. The fourth-order valence-corrected chi connectivity index (χ4v) is 3.82. The summed E-state index contributed by atoms with van der Waals surface area (Å²) in [5, 5.41) is 3.37. The van der Waals surface area contributed by atoms with E-state index in [4.69, 9.17) is 16.3 Å². The maximum absolute atomic E-state index is 12.8. The van der Waals surface area contributed by atoms with Gasteiger partial charge in [-0.2, -0.15) is 0 Å². The van der Waals surface area contributed by atoms with Crippen LogP contribution in [0.4, 0.5) is 4.79 Å². The number of hydrogen-bond donors (Lipinski definition) is 1. The number of urea groups is 1. The monoisotopic (exact) mass is 364 g/mol. The number of imide groups is 1. The summed E-state index contributed by atoms with van der Waals surface area (Å²) >= 11 is 5.89. The van der Waals surface area contributed by atoms with E-state index in [0.717, 1.165) is 29.7 Å². The molecule has 1 spiro atoms. The van der Waals surface area contributed by atoms with Gasteiger partial charge in [-0.05, 0) is 36.5 Å². The second-order valence-corrected chi connectivity index (χ2v) is 7.17. The van der Waals surface area contributed by atoms with Gasteiger partial charge in [0.2, 0.25) is 0 Å². The van der Waals surface area contributed by atoms with E-state index < -0.39 is 17.5 Å². The van der Waals surface area contributed by atoms with Crippen molar-refractivity contribution in [3.8, 4) is 0 Å². The number of rotatable bonds is 4. The van der Waals surface area contributed by atoms with E-state index in [2.05, 4.69) is 5.32 Å². The zero-order valence-corrected chi connectivity index (χ0v) is 14.8. The van der Waals surface area contributed by atoms with E-state index in [1.54, 1.807) is 24.3 Å². The SMILES string of the molecule is C[C@@H]1CCCC[C@]12NC(=O)N(CC(=O)OCc1cccc(Cl)c1)C2=O. The van der Waals surface area contributed by atoms with Crippen molar-refractivity contribution in [3.63, 3.8) is 0 Å². The van der Waals surface area contributed by atoms with Crippen molar-refractivity contribution in [1.29, 1.82) is 0 Å². The summed E-state index contributed by atoms with van der Waals surface area (Å²) in [5.74, 6) is -0.876. The third-order valence-electron chi connectivity index (χ3n) is 5.08. The van der Waals surface area contributed by atoms with E-state index in [0.29, 0.717) is 11.4 Å². The van der Waals surface area contributed by atoms with Gasteiger partial charge < -0.3 is 10.1 Å². The lowest BCUT2D eigenvalue weighted by Crippen LogP contribution is -2.54. The van der Waals surface area contributed by atoms with E-state index in [1.165, 1.54) is 0 Å². The zero-order valence-electron chi connectivity index (χ0n) is 14.1. The topological polar surface area (TPSA) is 75.7 Å². The molecule has 1 aromatic rings. The molecule has 1 aliphatic carbocycles. The molecule has 2 atom stereocenters. The lowest BCUT2D eigenvalue weighted by atomic mass is 9.73. The minimum atomic E-state index is -0.859. The molecule has 2 aliphatic rings. The molecular formula is C18H21ClN2O4. The Labute approximate surface area is 151 Å². The Morgan fingerprint density at radius 3 is 2.92 bits per heavy atom. The number of hydrogen-bond acceptors (Lipinski definition) is 4. The van der Waals surface area contributed by atoms with Crippen LogP contribution in [-0.4, -0.2) is 34.9 Å². The van der Waals surface area contributed by atoms with Crippen molar-refractivity contribution in [2.75, 3.05) is 6.54 Å². The molecule has 1 N–H and O–H groups in total. The molecule has 3 rings (SSSR count). The highest BCUT2D eigenvalue weighted by molar-refractivity contribution is 6.30. The Morgan fingerprint density at radius 2 is 2.20 bits per heavy atom. The van der Waals surface area contributed by atoms with E-state index in [1.807, 2.05) is 6.92 Å². The van der Waals surface area contributed by atoms with Crippen LogP contribution in [-0.2, 0) is 20.9 Å². The van der Waals surface area contributed by atoms with Crippen molar-refractivity contribution >= 4 is 29.5 Å². The van der Waals surface area contributed by atoms with Crippen LogP contribution in [0.1, 0.15) is 38.2 Å². The first-order valence-electron chi connectivity index (χ1n) is 8.46. The minimum Gasteiger partial charge on any atom is -0.459 e. The molecule has 0 unspecified atom stereocenters. The van der Waals surface area contributed by atoms with Gasteiger partial charge in [-0.3, -0.25) is 14.5 Å². The third-order valence-corrected chi connectivity index (χ3v) is 5.31. The number of amides is 3. The first kappa shape index (κ1) is 17.7. The van der Waals surface area contributed by atoms with E-state index in [-0.39, 0.29) is 25.0 Å². The highest BCUT2D eigenvalue weighted by Gasteiger charge is 2.55. The lowest BCUT2D eigenvalue weighted by molar-refractivity contribution is -0.149. The van der Waals surface area contributed by atoms with Gasteiger partial charge in [0.25, 0.3) is 5.91 Å². The number of ether oxygens (including phenoxy) is 1. The van der Waals surface area contributed by atoms with Crippen molar-refractivity contribution < 1.29 is 19.1 Å². The summed E-state index contributed by atoms with van der Waals surface area (Å²) in [6, 6.07) is 6.45. The largest absolute Gasteiger partial charge is 0.459 e. The molecule has 1 heterocycles. The van der Waals surface area contributed by atoms with Gasteiger partial charge in [0.15, 0.2) is 0 Å². The molecule has 1 saturated heterocycles. The summed E-state index contributed by atoms with van der Waals surface area (Å²) in [7, 11) is 0. The summed E-state index contributed by atoms with van der Waals surface area (Å²) in [6.45, 7) is 1.64. The van der Waals surface area contributed by atoms with Crippen LogP contribution in [0.25, 0.3) is 0 Å². The molecule has 25 heavy (non-hydrogen) atoms. The first-order valence-corrected chi connectivity index (χ1v) is 8.84. The molecule has 0 bridgehead atoms. The molecule has 1 aliphatic heterocycles. The molecule has 0 radical (unpaired) electrons. The summed E-state index contributed by atoms with van der Waals surface area (Å²) in [5.41, 5.74) is -0.113. The maximum Gasteiger partial charge on any atom is 0.326 e. The van der Waals surface area contributed by atoms with Gasteiger partial charge in [-0.25, -0.2) is 4.79 Å². The Morgan fingerprint density at radius 1 is 1.40 bits per heavy atom. The minimum absolute atomic E-state index is 0.0462. The van der Waals surface area contributed by atoms with Crippen molar-refractivity contribution in [2.24, 2.45) is 5.92 Å². The molecule has 7 heteroatoms. The summed E-state index contributed by atoms with van der Waals surface area (Å²) in [6.07, 6.45) is 3.45. The van der Waals surface area contributed by atoms with Crippen LogP contribution in [0.2, 0.25) is 5.02 Å². The third kappa shape index (κ3) is 3.49. The van der Waals surface area contributed by atoms with Gasteiger partial charge in [0, 0.05) is 5.02 Å². The highest BCUT2D eigenvalue weighted by atomic mass is 35.5. The number of carbonyl (C=O) groups is 3. The van der Waals surface area contributed by atoms with E-state index >= 15 is 0 Å². The molecule has 134 valence electrons. The molecule has 1 saturated carbocycles. The zero-order chi connectivity index (χ0) is 18.0. The first-order chi connectivity index (χ1) is 11.9. The predicted octanol–water partition coefficient (Wildman–Crippen LogP) is 2.88. The number of carbonyl (C=O) groups excluding carboxylic acids is 3. The van der Waals surface area contributed by atoms with Crippen LogP contribution in [0, 0.1) is 5.92 Å². The van der Waals surface area contributed by atoms with Crippen LogP contribution in [0.3, 0.4) is 0 Å². The highest BCUT2D eigenvalue weighted by Crippen LogP contribution is 2.38. The number of esters is 1. The van der Waals surface area contributed by atoms with Crippen LogP contribution >= 0.6 is 11.6 Å². The molecule has 2 fully saturated rings. The second-order valence-electron chi connectivity index (χ2n) is 6.73. The van der Waals surface area contributed by atoms with Crippen molar-refractivity contribution in [1.82, 2.24) is 10.2 Å².